The molecule has 3 aliphatic heterocycles. The van der Waals surface area contributed by atoms with Crippen LogP contribution in [0.5, 0.6) is 0 Å². The third-order valence-corrected chi connectivity index (χ3v) is 4.94. The molecular weight excluding hydrogens is 294 g/mol. The van der Waals surface area contributed by atoms with Crippen LogP contribution in [0.15, 0.2) is 18.2 Å². The van der Waals surface area contributed by atoms with Crippen LogP contribution in [0.2, 0.25) is 0 Å². The number of carbonyl (C=O) groups is 3. The van der Waals surface area contributed by atoms with Crippen molar-refractivity contribution in [3.05, 3.63) is 29.3 Å². The van der Waals surface area contributed by atoms with E-state index in [-0.39, 0.29) is 24.1 Å². The summed E-state index contributed by atoms with van der Waals surface area (Å²) in [5, 5.41) is 2.33. The number of imide groups is 1. The lowest BCUT2D eigenvalue weighted by Gasteiger charge is -2.39. The molecule has 1 N–H and O–H groups in total. The van der Waals surface area contributed by atoms with Crippen LogP contribution in [0.1, 0.15) is 35.7 Å². The third-order valence-electron chi connectivity index (χ3n) is 4.94. The molecule has 3 aliphatic rings. The van der Waals surface area contributed by atoms with Crippen LogP contribution in [-0.2, 0) is 16.1 Å². The smallest absolute Gasteiger partial charge is 0.255 e. The fourth-order valence-electron chi connectivity index (χ4n) is 3.65. The van der Waals surface area contributed by atoms with Crippen molar-refractivity contribution >= 4 is 23.4 Å². The lowest BCUT2D eigenvalue weighted by atomic mass is 10.0. The van der Waals surface area contributed by atoms with E-state index in [0.29, 0.717) is 24.4 Å². The summed E-state index contributed by atoms with van der Waals surface area (Å²) in [6, 6.07) is 5.43. The summed E-state index contributed by atoms with van der Waals surface area (Å²) in [4.78, 5) is 39.9. The Labute approximate surface area is 134 Å². The number of nitrogens with one attached hydrogen (secondary N) is 1. The van der Waals surface area contributed by atoms with Gasteiger partial charge in [-0.15, -0.1) is 0 Å². The molecule has 3 amide bonds. The van der Waals surface area contributed by atoms with E-state index in [1.165, 1.54) is 0 Å². The highest BCUT2D eigenvalue weighted by atomic mass is 16.2. The van der Waals surface area contributed by atoms with Crippen LogP contribution >= 0.6 is 0 Å². The van der Waals surface area contributed by atoms with Gasteiger partial charge in [0, 0.05) is 37.3 Å². The first kappa shape index (κ1) is 14.2. The first-order valence-corrected chi connectivity index (χ1v) is 8.05. The van der Waals surface area contributed by atoms with E-state index >= 15 is 0 Å². The summed E-state index contributed by atoms with van der Waals surface area (Å²) in [7, 11) is 0. The average Bonchev–Trinajstić information content (AvgIpc) is 2.81. The highest BCUT2D eigenvalue weighted by molar-refractivity contribution is 6.05. The van der Waals surface area contributed by atoms with Gasteiger partial charge in [-0.3, -0.25) is 19.7 Å². The Kier molecular flexibility index (Phi) is 3.14. The number of anilines is 1. The third kappa shape index (κ3) is 2.29. The van der Waals surface area contributed by atoms with E-state index < -0.39 is 6.04 Å². The molecule has 1 unspecified atom stereocenters. The highest BCUT2D eigenvalue weighted by Crippen LogP contribution is 2.32. The second kappa shape index (κ2) is 5.08. The Morgan fingerprint density at radius 1 is 1.17 bits per heavy atom. The van der Waals surface area contributed by atoms with Crippen molar-refractivity contribution < 1.29 is 14.4 Å². The minimum Gasteiger partial charge on any atom is -0.371 e. The maximum absolute atomic E-state index is 12.7. The molecule has 0 spiro atoms. The van der Waals surface area contributed by atoms with Gasteiger partial charge < -0.3 is 9.80 Å². The fourth-order valence-corrected chi connectivity index (χ4v) is 3.65. The number of benzene rings is 1. The van der Waals surface area contributed by atoms with Gasteiger partial charge in [0.25, 0.3) is 5.91 Å². The normalized spacial score (nSPS) is 24.6. The Hall–Kier alpha value is -2.37. The van der Waals surface area contributed by atoms with E-state index in [4.69, 9.17) is 0 Å². The topological polar surface area (TPSA) is 69.7 Å². The summed E-state index contributed by atoms with van der Waals surface area (Å²) >= 11 is 0. The fraction of sp³-hybridized carbons (Fsp3) is 0.471. The molecule has 0 aliphatic carbocycles. The van der Waals surface area contributed by atoms with Gasteiger partial charge in [-0.05, 0) is 30.0 Å². The maximum Gasteiger partial charge on any atom is 0.255 e. The monoisotopic (exact) mass is 313 g/mol. The van der Waals surface area contributed by atoms with Crippen molar-refractivity contribution in [2.75, 3.05) is 18.0 Å². The van der Waals surface area contributed by atoms with Crippen LogP contribution in [-0.4, -0.2) is 41.8 Å². The number of amides is 3. The molecule has 0 radical (unpaired) electrons. The first-order chi connectivity index (χ1) is 11.0. The highest BCUT2D eigenvalue weighted by Gasteiger charge is 2.39. The molecule has 23 heavy (non-hydrogen) atoms. The lowest BCUT2D eigenvalue weighted by Crippen LogP contribution is -2.52. The zero-order chi connectivity index (χ0) is 16.1. The van der Waals surface area contributed by atoms with E-state index in [2.05, 4.69) is 17.1 Å². The van der Waals surface area contributed by atoms with E-state index in [1.807, 2.05) is 18.2 Å². The number of nitrogens with zero attached hydrogens (tertiary/aromatic N) is 2. The predicted molar refractivity (Wildman–Crippen MR) is 83.9 cm³/mol. The molecule has 1 aromatic carbocycles. The average molecular weight is 313 g/mol. The molecule has 6 nitrogen and oxygen atoms in total. The van der Waals surface area contributed by atoms with Gasteiger partial charge in [0.15, 0.2) is 0 Å². The van der Waals surface area contributed by atoms with Crippen LogP contribution in [0, 0.1) is 5.92 Å². The molecule has 3 heterocycles. The number of rotatable bonds is 2. The summed E-state index contributed by atoms with van der Waals surface area (Å²) in [5.41, 5.74) is 2.71. The van der Waals surface area contributed by atoms with Crippen molar-refractivity contribution in [1.82, 2.24) is 10.2 Å². The molecule has 6 heteroatoms. The molecule has 0 aromatic heterocycles. The second-order valence-corrected chi connectivity index (χ2v) is 6.75. The number of carbonyl (C=O) groups excluding carboxylic acids is 3. The molecular formula is C17H19N3O3. The predicted octanol–water partition coefficient (Wildman–Crippen LogP) is 0.904. The van der Waals surface area contributed by atoms with Gasteiger partial charge in [-0.25, -0.2) is 0 Å². The zero-order valence-electron chi connectivity index (χ0n) is 13.0. The minimum atomic E-state index is -0.542. The minimum absolute atomic E-state index is 0.107. The van der Waals surface area contributed by atoms with Crippen LogP contribution in [0.25, 0.3) is 0 Å². The van der Waals surface area contributed by atoms with Crippen molar-refractivity contribution in [3.8, 4) is 0 Å². The molecule has 1 aromatic rings. The zero-order valence-corrected chi connectivity index (χ0v) is 13.0. The number of hydrogen-bond acceptors (Lipinski definition) is 4. The Morgan fingerprint density at radius 2 is 1.96 bits per heavy atom. The van der Waals surface area contributed by atoms with Gasteiger partial charge in [0.2, 0.25) is 11.8 Å². The summed E-state index contributed by atoms with van der Waals surface area (Å²) < 4.78 is 0. The summed E-state index contributed by atoms with van der Waals surface area (Å²) in [6.45, 7) is 4.69. The molecule has 2 saturated heterocycles. The molecule has 0 bridgehead atoms. The number of hydrogen-bond donors (Lipinski definition) is 1. The van der Waals surface area contributed by atoms with Crippen LogP contribution < -0.4 is 10.2 Å². The van der Waals surface area contributed by atoms with Crippen molar-refractivity contribution in [3.63, 3.8) is 0 Å². The quantitative estimate of drug-likeness (QED) is 0.824. The van der Waals surface area contributed by atoms with Crippen LogP contribution in [0.4, 0.5) is 5.69 Å². The first-order valence-electron chi connectivity index (χ1n) is 8.05. The van der Waals surface area contributed by atoms with Gasteiger partial charge in [0.1, 0.15) is 6.04 Å². The summed E-state index contributed by atoms with van der Waals surface area (Å²) in [6.07, 6.45) is 0.689. The van der Waals surface area contributed by atoms with Gasteiger partial charge >= 0.3 is 0 Å². The summed E-state index contributed by atoms with van der Waals surface area (Å²) in [5.74, 6) is -0.0346. The molecule has 0 saturated carbocycles. The Balaban J connectivity index is 1.56. The van der Waals surface area contributed by atoms with Crippen molar-refractivity contribution in [2.24, 2.45) is 5.92 Å². The molecule has 2 fully saturated rings. The SMILES string of the molecule is CC1CN(c2ccc3c(c2)C(=O)N(C2CCC(=O)NC2=O)C3)C1. The molecule has 4 rings (SSSR count). The molecule has 120 valence electrons. The number of piperidine rings is 1. The Bertz CT molecular complexity index is 709. The van der Waals surface area contributed by atoms with E-state index in [9.17, 15) is 14.4 Å². The lowest BCUT2D eigenvalue weighted by molar-refractivity contribution is -0.136. The molecule has 1 atom stereocenters. The van der Waals surface area contributed by atoms with E-state index in [1.54, 1.807) is 4.90 Å². The van der Waals surface area contributed by atoms with Gasteiger partial charge in [-0.2, -0.15) is 0 Å². The second-order valence-electron chi connectivity index (χ2n) is 6.75. The van der Waals surface area contributed by atoms with Gasteiger partial charge in [0.05, 0.1) is 0 Å². The number of fused-ring (bicyclic) bond motifs is 1. The van der Waals surface area contributed by atoms with Crippen LogP contribution in [0.3, 0.4) is 0 Å². The largest absolute Gasteiger partial charge is 0.371 e. The Morgan fingerprint density at radius 3 is 2.65 bits per heavy atom. The standard InChI is InChI=1S/C17H19N3O3/c1-10-7-19(8-10)12-3-2-11-9-20(17(23)13(11)6-12)14-4-5-15(21)18-16(14)22/h2-3,6,10,14H,4-5,7-9H2,1H3,(H,18,21,22). The van der Waals surface area contributed by atoms with Gasteiger partial charge in [-0.1, -0.05) is 13.0 Å². The van der Waals surface area contributed by atoms with E-state index in [0.717, 1.165) is 24.3 Å². The van der Waals surface area contributed by atoms with Crippen molar-refractivity contribution in [2.45, 2.75) is 32.4 Å². The van der Waals surface area contributed by atoms with Crippen molar-refractivity contribution in [1.29, 1.82) is 0 Å². The maximum atomic E-state index is 12.7.